The molecule has 2 rings (SSSR count). The van der Waals surface area contributed by atoms with Crippen LogP contribution in [0.2, 0.25) is 0 Å². The van der Waals surface area contributed by atoms with Crippen LogP contribution in [0.5, 0.6) is 5.75 Å². The van der Waals surface area contributed by atoms with Gasteiger partial charge in [-0.15, -0.1) is 11.3 Å². The first-order valence-electron chi connectivity index (χ1n) is 5.98. The van der Waals surface area contributed by atoms with Gasteiger partial charge in [-0.25, -0.2) is 0 Å². The number of benzene rings is 1. The van der Waals surface area contributed by atoms with Gasteiger partial charge in [-0.05, 0) is 52.0 Å². The van der Waals surface area contributed by atoms with Crippen molar-refractivity contribution < 1.29 is 9.53 Å². The van der Waals surface area contributed by atoms with E-state index in [0.717, 1.165) is 10.0 Å². The molecule has 0 radical (unpaired) electrons. The van der Waals surface area contributed by atoms with Gasteiger partial charge in [-0.1, -0.05) is 12.6 Å². The van der Waals surface area contributed by atoms with Gasteiger partial charge in [-0.2, -0.15) is 0 Å². The molecule has 0 atom stereocenters. The van der Waals surface area contributed by atoms with Gasteiger partial charge in [0.2, 0.25) is 0 Å². The SMILES string of the molecule is C=C(C)COc1cccc(NC(=O)c2sccc2Br)c1. The lowest BCUT2D eigenvalue weighted by molar-refractivity contribution is 0.103. The van der Waals surface area contributed by atoms with Crippen molar-refractivity contribution in [3.05, 3.63) is 57.2 Å². The van der Waals surface area contributed by atoms with Crippen molar-refractivity contribution in [2.75, 3.05) is 11.9 Å². The molecule has 0 unspecified atom stereocenters. The summed E-state index contributed by atoms with van der Waals surface area (Å²) in [4.78, 5) is 12.7. The average Bonchev–Trinajstić information content (AvgIpc) is 2.83. The fourth-order valence-electron chi connectivity index (χ4n) is 1.51. The van der Waals surface area contributed by atoms with Crippen LogP contribution < -0.4 is 10.1 Å². The fraction of sp³-hybridized carbons (Fsp3) is 0.133. The molecule has 0 bridgehead atoms. The molecule has 0 aliphatic carbocycles. The monoisotopic (exact) mass is 351 g/mol. The van der Waals surface area contributed by atoms with E-state index in [1.54, 1.807) is 6.07 Å². The van der Waals surface area contributed by atoms with E-state index in [4.69, 9.17) is 4.74 Å². The first kappa shape index (κ1) is 14.8. The van der Waals surface area contributed by atoms with Crippen molar-refractivity contribution in [1.82, 2.24) is 0 Å². The zero-order valence-corrected chi connectivity index (χ0v) is 13.4. The number of halogens is 1. The van der Waals surface area contributed by atoms with E-state index in [0.29, 0.717) is 22.9 Å². The molecule has 1 aromatic carbocycles. The summed E-state index contributed by atoms with van der Waals surface area (Å²) in [6.45, 7) is 6.15. The molecule has 1 amide bonds. The molecule has 3 nitrogen and oxygen atoms in total. The first-order valence-corrected chi connectivity index (χ1v) is 7.65. The molecule has 104 valence electrons. The Balaban J connectivity index is 2.06. The van der Waals surface area contributed by atoms with Gasteiger partial charge in [0.25, 0.3) is 5.91 Å². The van der Waals surface area contributed by atoms with Gasteiger partial charge in [-0.3, -0.25) is 4.79 Å². The van der Waals surface area contributed by atoms with Gasteiger partial charge in [0.15, 0.2) is 0 Å². The number of hydrogen-bond acceptors (Lipinski definition) is 3. The van der Waals surface area contributed by atoms with E-state index in [1.165, 1.54) is 11.3 Å². The van der Waals surface area contributed by atoms with Crippen LogP contribution in [0, 0.1) is 0 Å². The summed E-state index contributed by atoms with van der Waals surface area (Å²) in [5.74, 6) is 0.569. The zero-order valence-electron chi connectivity index (χ0n) is 11.0. The number of amides is 1. The molecule has 1 N–H and O–H groups in total. The highest BCUT2D eigenvalue weighted by Gasteiger charge is 2.11. The highest BCUT2D eigenvalue weighted by Crippen LogP contribution is 2.24. The second-order valence-corrected chi connectivity index (χ2v) is 6.10. The minimum Gasteiger partial charge on any atom is -0.489 e. The van der Waals surface area contributed by atoms with Gasteiger partial charge in [0.05, 0.1) is 0 Å². The maximum absolute atomic E-state index is 12.1. The van der Waals surface area contributed by atoms with Gasteiger partial charge in [0.1, 0.15) is 17.2 Å². The van der Waals surface area contributed by atoms with Gasteiger partial charge < -0.3 is 10.1 Å². The van der Waals surface area contributed by atoms with Crippen LogP contribution in [-0.4, -0.2) is 12.5 Å². The Morgan fingerprint density at radius 3 is 2.90 bits per heavy atom. The highest BCUT2D eigenvalue weighted by molar-refractivity contribution is 9.10. The largest absolute Gasteiger partial charge is 0.489 e. The third kappa shape index (κ3) is 3.95. The normalized spacial score (nSPS) is 10.1. The van der Waals surface area contributed by atoms with Crippen LogP contribution >= 0.6 is 27.3 Å². The van der Waals surface area contributed by atoms with Crippen LogP contribution in [0.4, 0.5) is 5.69 Å². The Bertz CT molecular complexity index is 636. The predicted octanol–water partition coefficient (Wildman–Crippen LogP) is 4.72. The van der Waals surface area contributed by atoms with E-state index in [2.05, 4.69) is 27.8 Å². The lowest BCUT2D eigenvalue weighted by Gasteiger charge is -2.08. The summed E-state index contributed by atoms with van der Waals surface area (Å²) in [6, 6.07) is 9.16. The van der Waals surface area contributed by atoms with Crippen LogP contribution in [0.25, 0.3) is 0 Å². The topological polar surface area (TPSA) is 38.3 Å². The predicted molar refractivity (Wildman–Crippen MR) is 86.7 cm³/mol. The Morgan fingerprint density at radius 1 is 1.45 bits per heavy atom. The minimum absolute atomic E-state index is 0.135. The zero-order chi connectivity index (χ0) is 14.5. The number of carbonyl (C=O) groups excluding carboxylic acids is 1. The summed E-state index contributed by atoms with van der Waals surface area (Å²) in [5, 5.41) is 4.72. The number of hydrogen-bond donors (Lipinski definition) is 1. The van der Waals surface area contributed by atoms with E-state index in [1.807, 2.05) is 36.6 Å². The second-order valence-electron chi connectivity index (χ2n) is 4.33. The molecule has 20 heavy (non-hydrogen) atoms. The van der Waals surface area contributed by atoms with Crippen LogP contribution in [0.1, 0.15) is 16.6 Å². The van der Waals surface area contributed by atoms with Crippen molar-refractivity contribution in [1.29, 1.82) is 0 Å². The standard InChI is InChI=1S/C15H14BrNO2S/c1-10(2)9-19-12-5-3-4-11(8-12)17-15(18)14-13(16)6-7-20-14/h3-8H,1,9H2,2H3,(H,17,18). The van der Waals surface area contributed by atoms with Crippen LogP contribution in [0.15, 0.2) is 52.3 Å². The maximum Gasteiger partial charge on any atom is 0.266 e. The molecule has 0 saturated heterocycles. The average molecular weight is 352 g/mol. The number of ether oxygens (including phenoxy) is 1. The third-order valence-corrected chi connectivity index (χ3v) is 4.24. The van der Waals surface area contributed by atoms with E-state index < -0.39 is 0 Å². The van der Waals surface area contributed by atoms with Crippen molar-refractivity contribution in [3.63, 3.8) is 0 Å². The van der Waals surface area contributed by atoms with E-state index in [-0.39, 0.29) is 5.91 Å². The molecule has 5 heteroatoms. The summed E-state index contributed by atoms with van der Waals surface area (Å²) in [5.41, 5.74) is 1.65. The molecular weight excluding hydrogens is 338 g/mol. The van der Waals surface area contributed by atoms with Gasteiger partial charge in [0, 0.05) is 16.2 Å². The summed E-state index contributed by atoms with van der Waals surface area (Å²) in [7, 11) is 0. The summed E-state index contributed by atoms with van der Waals surface area (Å²) >= 11 is 4.74. The van der Waals surface area contributed by atoms with Crippen LogP contribution in [0.3, 0.4) is 0 Å². The quantitative estimate of drug-likeness (QED) is 0.791. The van der Waals surface area contributed by atoms with E-state index in [9.17, 15) is 4.79 Å². The Hall–Kier alpha value is -1.59. The highest BCUT2D eigenvalue weighted by atomic mass is 79.9. The lowest BCUT2D eigenvalue weighted by Crippen LogP contribution is -2.10. The van der Waals surface area contributed by atoms with Crippen LogP contribution in [-0.2, 0) is 0 Å². The minimum atomic E-state index is -0.135. The number of anilines is 1. The van der Waals surface area contributed by atoms with Gasteiger partial charge >= 0.3 is 0 Å². The first-order chi connectivity index (χ1) is 9.56. The molecule has 0 aliphatic rings. The van der Waals surface area contributed by atoms with Crippen molar-refractivity contribution >= 4 is 38.9 Å². The molecule has 2 aromatic rings. The molecule has 1 aromatic heterocycles. The van der Waals surface area contributed by atoms with Crippen molar-refractivity contribution in [3.8, 4) is 5.75 Å². The summed E-state index contributed by atoms with van der Waals surface area (Å²) < 4.78 is 6.35. The molecule has 0 fully saturated rings. The third-order valence-electron chi connectivity index (χ3n) is 2.40. The fourth-order valence-corrected chi connectivity index (χ4v) is 2.96. The number of rotatable bonds is 5. The lowest BCUT2D eigenvalue weighted by atomic mass is 10.3. The molecule has 0 saturated carbocycles. The van der Waals surface area contributed by atoms with E-state index >= 15 is 0 Å². The molecule has 0 spiro atoms. The Kier molecular flexibility index (Phi) is 4.98. The second kappa shape index (κ2) is 6.72. The maximum atomic E-state index is 12.1. The number of carbonyl (C=O) groups is 1. The van der Waals surface area contributed by atoms with Crippen molar-refractivity contribution in [2.24, 2.45) is 0 Å². The number of thiophene rings is 1. The smallest absolute Gasteiger partial charge is 0.266 e. The molecule has 1 heterocycles. The Morgan fingerprint density at radius 2 is 2.25 bits per heavy atom. The van der Waals surface area contributed by atoms with Crippen molar-refractivity contribution in [2.45, 2.75) is 6.92 Å². The Labute approximate surface area is 130 Å². The molecular formula is C15H14BrNO2S. The summed E-state index contributed by atoms with van der Waals surface area (Å²) in [6.07, 6.45) is 0. The number of nitrogens with one attached hydrogen (secondary N) is 1. The molecule has 0 aliphatic heterocycles.